The zero-order valence-corrected chi connectivity index (χ0v) is 52.1. The van der Waals surface area contributed by atoms with Crippen molar-refractivity contribution in [3.8, 4) is 0 Å². The number of rotatable bonds is 20. The summed E-state index contributed by atoms with van der Waals surface area (Å²) in [5.74, 6) is -4.92. The van der Waals surface area contributed by atoms with Crippen molar-refractivity contribution in [1.82, 2.24) is 10.3 Å². The molecular weight excluding hydrogens is 1190 g/mol. The molecule has 3 aliphatic carbocycles. The van der Waals surface area contributed by atoms with Crippen molar-refractivity contribution in [2.24, 2.45) is 22.7 Å². The maximum atomic E-state index is 16.2. The minimum absolute atomic E-state index is 0.0880. The maximum Gasteiger partial charge on any atom is 0.508 e. The molecule has 1 aromatic heterocycles. The van der Waals surface area contributed by atoms with Gasteiger partial charge in [0.2, 0.25) is 0 Å². The van der Waals surface area contributed by atoms with Crippen molar-refractivity contribution < 1.29 is 67.4 Å². The van der Waals surface area contributed by atoms with Gasteiger partial charge in [-0.05, 0) is 107 Å². The molecule has 20 heteroatoms. The number of fused-ring (bicyclic) bond motifs is 5. The number of aromatic nitrogens is 1. The zero-order valence-electron chi connectivity index (χ0n) is 48.8. The van der Waals surface area contributed by atoms with E-state index in [1.165, 1.54) is 30.2 Å². The lowest BCUT2D eigenvalue weighted by molar-refractivity contribution is -0.345. The van der Waals surface area contributed by atoms with Crippen LogP contribution in [0.1, 0.15) is 103 Å². The van der Waals surface area contributed by atoms with Crippen LogP contribution < -0.4 is 5.32 Å². The Morgan fingerprint density at radius 3 is 1.94 bits per heavy atom. The lowest BCUT2D eigenvalue weighted by Crippen LogP contribution is -2.81. The number of carbonyl (C=O) groups excluding carboxylic acids is 6. The van der Waals surface area contributed by atoms with Crippen LogP contribution in [0.25, 0.3) is 0 Å². The van der Waals surface area contributed by atoms with E-state index in [2.05, 4.69) is 34.6 Å². The molecule has 0 radical (unpaired) electrons. The first kappa shape index (κ1) is 63.1. The number of carbonyl (C=O) groups is 6. The van der Waals surface area contributed by atoms with E-state index in [0.29, 0.717) is 22.3 Å². The molecule has 1 aliphatic heterocycles. The van der Waals surface area contributed by atoms with Crippen LogP contribution >= 0.6 is 43.2 Å². The monoisotopic (exact) mass is 1250 g/mol. The molecule has 0 spiro atoms. The Morgan fingerprint density at radius 1 is 0.747 bits per heavy atom. The van der Waals surface area contributed by atoms with Crippen LogP contribution in [0.5, 0.6) is 0 Å². The normalized spacial score (nSPS) is 26.0. The largest absolute Gasteiger partial charge is 0.508 e. The van der Waals surface area contributed by atoms with Gasteiger partial charge in [-0.2, -0.15) is 0 Å². The molecule has 2 bridgehead atoms. The first-order valence-electron chi connectivity index (χ1n) is 28.6. The molecule has 1 saturated heterocycles. The number of pyridine rings is 1. The van der Waals surface area contributed by atoms with Crippen LogP contribution in [-0.4, -0.2) is 99.3 Å². The van der Waals surface area contributed by atoms with E-state index < -0.39 is 113 Å². The number of Topliss-reactive ketones (excluding diaryl/α,β-unsaturated/α-hetero) is 1. The number of aliphatic hydroxyl groups excluding tert-OH is 1. The number of amides is 1. The zero-order chi connectivity index (χ0) is 61.7. The first-order valence-corrected chi connectivity index (χ1v) is 33.2. The fourth-order valence-electron chi connectivity index (χ4n) is 13.0. The van der Waals surface area contributed by atoms with Gasteiger partial charge in [0, 0.05) is 59.3 Å². The predicted octanol–water partition coefficient (Wildman–Crippen LogP) is 12.1. The van der Waals surface area contributed by atoms with E-state index in [9.17, 15) is 34.2 Å². The second kappa shape index (κ2) is 26.8. The molecule has 10 rings (SSSR count). The summed E-state index contributed by atoms with van der Waals surface area (Å²) in [6.07, 6.45) is -7.58. The van der Waals surface area contributed by atoms with Crippen LogP contribution in [0, 0.1) is 22.7 Å². The van der Waals surface area contributed by atoms with Crippen molar-refractivity contribution in [3.63, 3.8) is 0 Å². The van der Waals surface area contributed by atoms with Crippen molar-refractivity contribution in [2.75, 3.05) is 6.61 Å². The quantitative estimate of drug-likeness (QED) is 0.0280. The summed E-state index contributed by atoms with van der Waals surface area (Å²) in [6, 6.07) is 45.4. The molecule has 454 valence electrons. The van der Waals surface area contributed by atoms with Crippen LogP contribution in [0.15, 0.2) is 185 Å². The van der Waals surface area contributed by atoms with Crippen molar-refractivity contribution in [1.29, 1.82) is 0 Å². The molecule has 1 amide bonds. The third-order valence-corrected chi connectivity index (χ3v) is 21.9. The van der Waals surface area contributed by atoms with Crippen molar-refractivity contribution in [3.05, 3.63) is 208 Å². The Hall–Kier alpha value is -6.91. The molecule has 5 aromatic carbocycles. The Kier molecular flexibility index (Phi) is 19.5. The summed E-state index contributed by atoms with van der Waals surface area (Å²) in [6.45, 7) is 9.02. The van der Waals surface area contributed by atoms with E-state index in [1.807, 2.05) is 42.5 Å². The molecule has 16 nitrogen and oxygen atoms in total. The number of nitrogens with one attached hydrogen (secondary N) is 1. The van der Waals surface area contributed by atoms with Crippen LogP contribution in [0.4, 0.5) is 4.79 Å². The van der Waals surface area contributed by atoms with Gasteiger partial charge in [0.1, 0.15) is 47.4 Å². The number of hydrogen-bond acceptors (Lipinski definition) is 19. The van der Waals surface area contributed by atoms with E-state index in [-0.39, 0.29) is 30.8 Å². The predicted molar refractivity (Wildman–Crippen MR) is 332 cm³/mol. The van der Waals surface area contributed by atoms with E-state index in [4.69, 9.17) is 28.4 Å². The van der Waals surface area contributed by atoms with Crippen molar-refractivity contribution >= 4 is 78.9 Å². The van der Waals surface area contributed by atoms with E-state index in [0.717, 1.165) is 21.4 Å². The Bertz CT molecular complexity index is 3490. The molecule has 4 aliphatic rings. The molecule has 2 heterocycles. The Balaban J connectivity index is 0.906. The lowest BCUT2D eigenvalue weighted by Gasteiger charge is -2.67. The summed E-state index contributed by atoms with van der Waals surface area (Å²) in [4.78, 5) is 92.1. The van der Waals surface area contributed by atoms with Gasteiger partial charge >= 0.3 is 24.1 Å². The van der Waals surface area contributed by atoms with Gasteiger partial charge in [-0.15, -0.1) is 0 Å². The Labute approximate surface area is 521 Å². The number of aliphatic hydroxyl groups is 2. The fourth-order valence-corrected chi connectivity index (χ4v) is 17.1. The van der Waals surface area contributed by atoms with Gasteiger partial charge in [-0.3, -0.25) is 14.4 Å². The average molecular weight is 1250 g/mol. The van der Waals surface area contributed by atoms with Crippen LogP contribution in [-0.2, 0) is 60.9 Å². The summed E-state index contributed by atoms with van der Waals surface area (Å²) in [7, 11) is 6.71. The standard InChI is InChI=1S/C67H68N2O14S4/c1-40-50(80-62(75)56(71)55(46-18-10-7-11-19-46)69-60(73)47-20-12-8-13-21-47)35-67(77)59(82-61(74)48-22-14-9-15-23-48)57-65(6,58(72)41(2)54(40)64(67,4)5)51(34-52-66(57,39-79-52)83-42(3)70)81-63(76)78-36-43-29-31-49(32-30-43)86-84-37-44-25-27-45(28-26-44)38-85-87-53-24-16-17-33-68-53/h7-33,41,50-52,55-57,59,71,77H,34-39H2,1-6H3,(H,69,73)/t41-,50?,51+,52?,55+,56-,57+,59+,65-,66+,67-/m1/s1. The van der Waals surface area contributed by atoms with Crippen molar-refractivity contribution in [2.45, 2.75) is 130 Å². The number of ketones is 1. The topological polar surface area (TPSA) is 223 Å². The first-order chi connectivity index (χ1) is 41.7. The highest BCUT2D eigenvalue weighted by molar-refractivity contribution is 8.76. The highest BCUT2D eigenvalue weighted by Gasteiger charge is 2.78. The number of benzene rings is 5. The Morgan fingerprint density at radius 2 is 1.34 bits per heavy atom. The third kappa shape index (κ3) is 13.1. The second-order valence-electron chi connectivity index (χ2n) is 23.0. The van der Waals surface area contributed by atoms with Gasteiger partial charge in [0.25, 0.3) is 5.91 Å². The molecule has 2 unspecified atom stereocenters. The number of hydrogen-bond donors (Lipinski definition) is 3. The van der Waals surface area contributed by atoms with E-state index in [1.54, 1.807) is 163 Å². The van der Waals surface area contributed by atoms with Gasteiger partial charge in [-0.1, -0.05) is 162 Å². The van der Waals surface area contributed by atoms with Gasteiger partial charge < -0.3 is 44.0 Å². The smallest absolute Gasteiger partial charge is 0.456 e. The van der Waals surface area contributed by atoms with Crippen LogP contribution in [0.2, 0.25) is 0 Å². The molecular formula is C67H68N2O14S4. The summed E-state index contributed by atoms with van der Waals surface area (Å²) in [5.41, 5.74) is -2.94. The average Bonchev–Trinajstić information content (AvgIpc) is 0.677. The SMILES string of the molecule is CC(=O)O[C@@]12COC1C[C@H](OC(=O)OCc1ccc(SSCc3ccc(CSSc4ccccn4)cc3)cc1)[C@@]1(C)C(=O)[C@H](C)C3=C(C)C(OC(=O)[C@H](O)[C@@H](NC(=O)c4ccccc4)c4ccccc4)C[C@@](O)([C@@H](OC(=O)c4ccccc4)[C@@H]12)C3(C)C. The number of nitrogens with zero attached hydrogens (tertiary/aromatic N) is 1. The minimum atomic E-state index is -2.31. The minimum Gasteiger partial charge on any atom is -0.456 e. The number of esters is 3. The van der Waals surface area contributed by atoms with Gasteiger partial charge in [0.15, 0.2) is 11.7 Å². The summed E-state index contributed by atoms with van der Waals surface area (Å²) in [5, 5.41) is 29.9. The van der Waals surface area contributed by atoms with E-state index >= 15 is 4.79 Å². The molecule has 3 fully saturated rings. The summed E-state index contributed by atoms with van der Waals surface area (Å²) >= 11 is 0. The lowest BCUT2D eigenvalue weighted by atomic mass is 9.43. The maximum absolute atomic E-state index is 16.2. The highest BCUT2D eigenvalue weighted by atomic mass is 33.1. The van der Waals surface area contributed by atoms with Gasteiger partial charge in [-0.25, -0.2) is 19.4 Å². The third-order valence-electron chi connectivity index (χ3n) is 17.4. The molecule has 2 saturated carbocycles. The highest BCUT2D eigenvalue weighted by Crippen LogP contribution is 2.65. The van der Waals surface area contributed by atoms with Gasteiger partial charge in [0.05, 0.1) is 29.5 Å². The molecule has 87 heavy (non-hydrogen) atoms. The molecule has 6 aromatic rings. The number of ether oxygens (including phenoxy) is 6. The summed E-state index contributed by atoms with van der Waals surface area (Å²) < 4.78 is 37.5. The molecule has 11 atom stereocenters. The van der Waals surface area contributed by atoms with Crippen LogP contribution in [0.3, 0.4) is 0 Å². The second-order valence-corrected chi connectivity index (χ2v) is 27.7. The molecule has 3 N–H and O–H groups in total. The fraction of sp³-hybridized carbons (Fsp3) is 0.358.